The van der Waals surface area contributed by atoms with Crippen molar-refractivity contribution in [2.75, 3.05) is 24.2 Å². The Morgan fingerprint density at radius 3 is 2.41 bits per heavy atom. The van der Waals surface area contributed by atoms with Crippen LogP contribution in [0, 0.1) is 5.82 Å². The Labute approximate surface area is 200 Å². The predicted molar refractivity (Wildman–Crippen MR) is 130 cm³/mol. The highest BCUT2D eigenvalue weighted by Gasteiger charge is 2.24. The average molecular weight is 494 g/mol. The van der Waals surface area contributed by atoms with Crippen molar-refractivity contribution >= 4 is 28.0 Å². The van der Waals surface area contributed by atoms with Crippen LogP contribution in [-0.2, 0) is 19.6 Å². The lowest BCUT2D eigenvalue weighted by Gasteiger charge is -2.22. The first-order valence-corrected chi connectivity index (χ1v) is 12.9. The molecule has 2 aromatic rings. The molecule has 0 bridgehead atoms. The number of nitrogens with zero attached hydrogens (tertiary/aromatic N) is 3. The summed E-state index contributed by atoms with van der Waals surface area (Å²) < 4.78 is 44.0. The third kappa shape index (κ3) is 7.33. The van der Waals surface area contributed by atoms with E-state index in [1.165, 1.54) is 19.2 Å². The Morgan fingerprint density at radius 2 is 1.88 bits per heavy atom. The van der Waals surface area contributed by atoms with Crippen LogP contribution in [0.1, 0.15) is 57.2 Å². The Kier molecular flexibility index (Phi) is 9.69. The average Bonchev–Trinajstić information content (AvgIpc) is 2.77. The minimum Gasteiger partial charge on any atom is -0.469 e. The first-order valence-electron chi connectivity index (χ1n) is 11.1. The fraction of sp³-hybridized carbons (Fsp3) is 0.458. The van der Waals surface area contributed by atoms with Gasteiger partial charge in [0.25, 0.3) is 0 Å². The molecule has 0 saturated carbocycles. The number of methoxy groups -OCH3 is 1. The molecule has 8 nitrogen and oxygen atoms in total. The topological polar surface area (TPSA) is 110 Å². The molecule has 1 aromatic heterocycles. The molecule has 34 heavy (non-hydrogen) atoms. The number of carbonyl (C=O) groups is 1. The van der Waals surface area contributed by atoms with E-state index in [4.69, 9.17) is 0 Å². The number of aromatic nitrogens is 2. The number of aliphatic hydroxyl groups is 1. The molecular weight excluding hydrogens is 461 g/mol. The molecule has 0 unspecified atom stereocenters. The molecule has 10 heteroatoms. The van der Waals surface area contributed by atoms with Crippen molar-refractivity contribution < 1.29 is 27.4 Å². The second-order valence-corrected chi connectivity index (χ2v) is 10.1. The van der Waals surface area contributed by atoms with Gasteiger partial charge in [-0.1, -0.05) is 26.0 Å². The van der Waals surface area contributed by atoms with Crippen LogP contribution in [0.15, 0.2) is 30.3 Å². The number of esters is 1. The monoisotopic (exact) mass is 493 g/mol. The number of ether oxygens (including phenoxy) is 1. The van der Waals surface area contributed by atoms with Crippen LogP contribution in [-0.4, -0.2) is 55.5 Å². The highest BCUT2D eigenvalue weighted by molar-refractivity contribution is 7.92. The lowest BCUT2D eigenvalue weighted by Crippen LogP contribution is -2.31. The smallest absolute Gasteiger partial charge is 0.305 e. The summed E-state index contributed by atoms with van der Waals surface area (Å²) in [5, 5.41) is 10.4. The van der Waals surface area contributed by atoms with Gasteiger partial charge in [-0.05, 0) is 49.9 Å². The molecular formula is C24H32FN3O5S. The summed E-state index contributed by atoms with van der Waals surface area (Å²) in [6.45, 7) is 5.67. The van der Waals surface area contributed by atoms with E-state index in [2.05, 4.69) is 14.7 Å². The molecule has 1 atom stereocenters. The van der Waals surface area contributed by atoms with Crippen molar-refractivity contribution in [2.45, 2.75) is 52.1 Å². The fourth-order valence-corrected chi connectivity index (χ4v) is 4.25. The molecule has 0 aliphatic rings. The molecule has 0 radical (unpaired) electrons. The highest BCUT2D eigenvalue weighted by atomic mass is 32.2. The molecule has 0 fully saturated rings. The number of halogens is 1. The SMILES string of the molecule is CCN(c1nc(-c2ccc(F)cc2)c(/C=C/[C@@H](O)CCCC(=O)OC)c(C(C)C)n1)S(C)(=O)=O. The van der Waals surface area contributed by atoms with E-state index >= 15 is 0 Å². The molecule has 0 saturated heterocycles. The van der Waals surface area contributed by atoms with Crippen LogP contribution >= 0.6 is 0 Å². The van der Waals surface area contributed by atoms with Gasteiger partial charge in [-0.2, -0.15) is 0 Å². The van der Waals surface area contributed by atoms with Gasteiger partial charge in [0.1, 0.15) is 5.82 Å². The van der Waals surface area contributed by atoms with E-state index < -0.39 is 21.9 Å². The van der Waals surface area contributed by atoms with Gasteiger partial charge in [0.05, 0.1) is 30.9 Å². The van der Waals surface area contributed by atoms with Gasteiger partial charge in [-0.3, -0.25) is 4.79 Å². The minimum absolute atomic E-state index is 0.0313. The van der Waals surface area contributed by atoms with E-state index in [0.717, 1.165) is 10.6 Å². The number of benzene rings is 1. The number of anilines is 1. The van der Waals surface area contributed by atoms with Crippen molar-refractivity contribution in [3.63, 3.8) is 0 Å². The summed E-state index contributed by atoms with van der Waals surface area (Å²) in [6.07, 6.45) is 4.55. The van der Waals surface area contributed by atoms with Crippen molar-refractivity contribution in [3.8, 4) is 11.3 Å². The maximum Gasteiger partial charge on any atom is 0.305 e. The molecule has 0 amide bonds. The van der Waals surface area contributed by atoms with Gasteiger partial charge in [0, 0.05) is 24.1 Å². The van der Waals surface area contributed by atoms with Crippen molar-refractivity contribution in [2.24, 2.45) is 0 Å². The standard InChI is InChI=1S/C24H32FN3O5S/c1-6-28(34(5,31)32)24-26-22(16(2)3)20(15-14-19(29)8-7-9-21(30)33-4)23(27-24)17-10-12-18(25)13-11-17/h10-16,19,29H,6-9H2,1-5H3/b15-14+/t19-/m0/s1. The third-order valence-electron chi connectivity index (χ3n) is 5.13. The summed E-state index contributed by atoms with van der Waals surface area (Å²) >= 11 is 0. The Bertz CT molecular complexity index is 1120. The largest absolute Gasteiger partial charge is 0.469 e. The lowest BCUT2D eigenvalue weighted by atomic mass is 9.97. The van der Waals surface area contributed by atoms with Gasteiger partial charge < -0.3 is 9.84 Å². The summed E-state index contributed by atoms with van der Waals surface area (Å²) in [5.74, 6) is -0.821. The van der Waals surface area contributed by atoms with E-state index in [-0.39, 0.29) is 30.8 Å². The summed E-state index contributed by atoms with van der Waals surface area (Å²) in [5.41, 5.74) is 2.19. The van der Waals surface area contributed by atoms with Gasteiger partial charge in [-0.25, -0.2) is 27.1 Å². The van der Waals surface area contributed by atoms with E-state index in [1.807, 2.05) is 13.8 Å². The highest BCUT2D eigenvalue weighted by Crippen LogP contribution is 2.32. The summed E-state index contributed by atoms with van der Waals surface area (Å²) in [4.78, 5) is 20.4. The number of hydrogen-bond donors (Lipinski definition) is 1. The normalized spacial score (nSPS) is 12.8. The fourth-order valence-electron chi connectivity index (χ4n) is 3.40. The Hall–Kier alpha value is -2.85. The number of aliphatic hydroxyl groups excluding tert-OH is 1. The van der Waals surface area contributed by atoms with Gasteiger partial charge >= 0.3 is 5.97 Å². The number of sulfonamides is 1. The second-order valence-electron chi connectivity index (χ2n) is 8.16. The van der Waals surface area contributed by atoms with Crippen LogP contribution in [0.4, 0.5) is 10.3 Å². The molecule has 1 heterocycles. The molecule has 1 N–H and O–H groups in total. The van der Waals surface area contributed by atoms with Crippen LogP contribution in [0.3, 0.4) is 0 Å². The van der Waals surface area contributed by atoms with Gasteiger partial charge in [-0.15, -0.1) is 0 Å². The molecule has 0 aliphatic heterocycles. The Balaban J connectivity index is 2.58. The molecule has 0 spiro atoms. The van der Waals surface area contributed by atoms with E-state index in [1.54, 1.807) is 31.2 Å². The molecule has 186 valence electrons. The van der Waals surface area contributed by atoms with Crippen LogP contribution in [0.2, 0.25) is 0 Å². The van der Waals surface area contributed by atoms with Gasteiger partial charge in [0.15, 0.2) is 0 Å². The van der Waals surface area contributed by atoms with Crippen molar-refractivity contribution in [1.29, 1.82) is 0 Å². The number of carbonyl (C=O) groups excluding carboxylic acids is 1. The van der Waals surface area contributed by atoms with Gasteiger partial charge in [0.2, 0.25) is 16.0 Å². The van der Waals surface area contributed by atoms with E-state index in [0.29, 0.717) is 35.4 Å². The minimum atomic E-state index is -3.62. The van der Waals surface area contributed by atoms with Crippen LogP contribution in [0.25, 0.3) is 17.3 Å². The van der Waals surface area contributed by atoms with Crippen LogP contribution in [0.5, 0.6) is 0 Å². The number of rotatable bonds is 11. The first kappa shape index (κ1) is 27.4. The zero-order valence-electron chi connectivity index (χ0n) is 20.2. The lowest BCUT2D eigenvalue weighted by molar-refractivity contribution is -0.140. The Morgan fingerprint density at radius 1 is 1.24 bits per heavy atom. The second kappa shape index (κ2) is 12.0. The summed E-state index contributed by atoms with van der Waals surface area (Å²) in [7, 11) is -2.31. The number of hydrogen-bond acceptors (Lipinski definition) is 7. The maximum absolute atomic E-state index is 13.6. The van der Waals surface area contributed by atoms with Crippen LogP contribution < -0.4 is 4.31 Å². The van der Waals surface area contributed by atoms with Crippen molar-refractivity contribution in [3.05, 3.63) is 47.4 Å². The zero-order valence-corrected chi connectivity index (χ0v) is 21.0. The molecule has 2 rings (SSSR count). The quantitative estimate of drug-likeness (QED) is 0.473. The maximum atomic E-state index is 13.6. The zero-order chi connectivity index (χ0) is 25.5. The summed E-state index contributed by atoms with van der Waals surface area (Å²) in [6, 6.07) is 5.73. The first-order chi connectivity index (χ1) is 16.0. The molecule has 0 aliphatic carbocycles. The molecule has 1 aromatic carbocycles. The van der Waals surface area contributed by atoms with Crippen molar-refractivity contribution in [1.82, 2.24) is 9.97 Å². The third-order valence-corrected chi connectivity index (χ3v) is 6.35. The van der Waals surface area contributed by atoms with E-state index in [9.17, 15) is 22.7 Å². The predicted octanol–water partition coefficient (Wildman–Crippen LogP) is 3.91.